The molecule has 182 valence electrons. The van der Waals surface area contributed by atoms with Gasteiger partial charge in [0.25, 0.3) is 0 Å². The van der Waals surface area contributed by atoms with E-state index in [2.05, 4.69) is 20.7 Å². The monoisotopic (exact) mass is 496 g/mol. The van der Waals surface area contributed by atoms with Crippen LogP contribution in [0, 0.1) is 5.92 Å². The van der Waals surface area contributed by atoms with Gasteiger partial charge >= 0.3 is 0 Å². The van der Waals surface area contributed by atoms with E-state index in [0.717, 1.165) is 5.56 Å². The number of rotatable bonds is 6. The predicted molar refractivity (Wildman–Crippen MR) is 128 cm³/mol. The summed E-state index contributed by atoms with van der Waals surface area (Å²) in [5.74, 6) is 1.42. The zero-order chi connectivity index (χ0) is 24.4. The first-order chi connectivity index (χ1) is 17.0. The molecule has 1 saturated heterocycles. The minimum atomic E-state index is -0.553. The highest BCUT2D eigenvalue weighted by Gasteiger charge is 2.32. The maximum Gasteiger partial charge on any atom is 0.249 e. The number of anilines is 1. The third-order valence-electron chi connectivity index (χ3n) is 6.30. The molecule has 0 bridgehead atoms. The molecule has 1 fully saturated rings. The number of amides is 2. The number of nitrogens with one attached hydrogen (secondary N) is 1. The second kappa shape index (κ2) is 9.91. The van der Waals surface area contributed by atoms with Crippen LogP contribution in [0.25, 0.3) is 11.4 Å². The van der Waals surface area contributed by atoms with Crippen molar-refractivity contribution < 1.29 is 19.1 Å². The number of tetrazole rings is 1. The highest BCUT2D eigenvalue weighted by molar-refractivity contribution is 6.30. The Morgan fingerprint density at radius 1 is 1.11 bits per heavy atom. The van der Waals surface area contributed by atoms with E-state index in [1.54, 1.807) is 35.2 Å². The summed E-state index contributed by atoms with van der Waals surface area (Å²) in [5.41, 5.74) is 1.44. The van der Waals surface area contributed by atoms with Gasteiger partial charge < -0.3 is 19.7 Å². The topological polar surface area (TPSA) is 111 Å². The fraction of sp³-hybridized carbons (Fsp3) is 0.375. The summed E-state index contributed by atoms with van der Waals surface area (Å²) < 4.78 is 10.7. The maximum atomic E-state index is 13.2. The minimum absolute atomic E-state index is 0.0615. The number of hydrogen-bond acceptors (Lipinski definition) is 7. The van der Waals surface area contributed by atoms with Crippen LogP contribution < -0.4 is 14.8 Å². The lowest BCUT2D eigenvalue weighted by atomic mass is 9.95. The molecule has 10 nitrogen and oxygen atoms in total. The first-order valence-electron chi connectivity index (χ1n) is 11.6. The third kappa shape index (κ3) is 4.93. The number of nitrogens with zero attached hydrogens (tertiary/aromatic N) is 5. The average molecular weight is 497 g/mol. The standard InChI is InChI=1S/C24H25ClN6O4/c1-2-19(31-28-22(27-29-31)15-3-5-17(25)6-4-15)24(33)30-11-9-16(10-12-30)23(32)26-18-7-8-20-21(13-18)35-14-34-20/h3-8,13,16,19H,2,9-12,14H2,1H3,(H,26,32)/t19-/m1/s1. The van der Waals surface area contributed by atoms with Crippen LogP contribution in [0.5, 0.6) is 11.5 Å². The third-order valence-corrected chi connectivity index (χ3v) is 6.55. The summed E-state index contributed by atoms with van der Waals surface area (Å²) in [6.45, 7) is 3.09. The Hall–Kier alpha value is -3.66. The number of carbonyl (C=O) groups is 2. The van der Waals surface area contributed by atoms with Gasteiger partial charge in [-0.25, -0.2) is 0 Å². The second-order valence-corrected chi connectivity index (χ2v) is 8.96. The molecule has 2 amide bonds. The molecule has 1 atom stereocenters. The zero-order valence-electron chi connectivity index (χ0n) is 19.2. The van der Waals surface area contributed by atoms with E-state index in [1.165, 1.54) is 4.80 Å². The van der Waals surface area contributed by atoms with Gasteiger partial charge in [0.15, 0.2) is 17.5 Å². The Morgan fingerprint density at radius 2 is 1.86 bits per heavy atom. The second-order valence-electron chi connectivity index (χ2n) is 8.52. The number of likely N-dealkylation sites (tertiary alicyclic amines) is 1. The first kappa shape index (κ1) is 23.1. The number of ether oxygens (including phenoxy) is 2. The molecule has 2 aromatic carbocycles. The zero-order valence-corrected chi connectivity index (χ0v) is 19.9. The molecule has 0 saturated carbocycles. The number of halogens is 1. The van der Waals surface area contributed by atoms with Crippen molar-refractivity contribution in [3.63, 3.8) is 0 Å². The smallest absolute Gasteiger partial charge is 0.249 e. The van der Waals surface area contributed by atoms with Crippen LogP contribution in [0.3, 0.4) is 0 Å². The van der Waals surface area contributed by atoms with E-state index in [0.29, 0.717) is 60.4 Å². The predicted octanol–water partition coefficient (Wildman–Crippen LogP) is 3.55. The highest BCUT2D eigenvalue weighted by Crippen LogP contribution is 2.34. The fourth-order valence-electron chi connectivity index (χ4n) is 4.30. The van der Waals surface area contributed by atoms with E-state index in [4.69, 9.17) is 21.1 Å². The number of benzene rings is 2. The Kier molecular flexibility index (Phi) is 6.54. The summed E-state index contributed by atoms with van der Waals surface area (Å²) in [7, 11) is 0. The van der Waals surface area contributed by atoms with E-state index >= 15 is 0 Å². The Balaban J connectivity index is 1.18. The molecule has 3 aromatic rings. The van der Waals surface area contributed by atoms with E-state index in [1.807, 2.05) is 19.1 Å². The first-order valence-corrected chi connectivity index (χ1v) is 11.9. The van der Waals surface area contributed by atoms with Gasteiger partial charge in [-0.3, -0.25) is 9.59 Å². The van der Waals surface area contributed by atoms with E-state index in [9.17, 15) is 9.59 Å². The molecule has 3 heterocycles. The molecule has 11 heteroatoms. The number of piperidine rings is 1. The van der Waals surface area contributed by atoms with Gasteiger partial charge in [-0.2, -0.15) is 4.80 Å². The van der Waals surface area contributed by atoms with Gasteiger partial charge in [0.05, 0.1) is 0 Å². The van der Waals surface area contributed by atoms with Crippen molar-refractivity contribution in [1.82, 2.24) is 25.1 Å². The summed E-state index contributed by atoms with van der Waals surface area (Å²) in [6, 6.07) is 11.9. The van der Waals surface area contributed by atoms with Crippen LogP contribution in [0.15, 0.2) is 42.5 Å². The molecule has 5 rings (SSSR count). The SMILES string of the molecule is CC[C@H](C(=O)N1CCC(C(=O)Nc2ccc3c(c2)OCO3)CC1)n1nnc(-c2ccc(Cl)cc2)n1. The van der Waals surface area contributed by atoms with Gasteiger partial charge in [-0.05, 0) is 60.9 Å². The van der Waals surface area contributed by atoms with Crippen LogP contribution in [-0.4, -0.2) is 56.8 Å². The molecule has 0 spiro atoms. The van der Waals surface area contributed by atoms with Gasteiger partial charge in [0.1, 0.15) is 0 Å². The molecule has 35 heavy (non-hydrogen) atoms. The van der Waals surface area contributed by atoms with Crippen LogP contribution in [0.2, 0.25) is 5.02 Å². The van der Waals surface area contributed by atoms with Crippen molar-refractivity contribution in [3.05, 3.63) is 47.5 Å². The van der Waals surface area contributed by atoms with Crippen LogP contribution in [0.1, 0.15) is 32.2 Å². The van der Waals surface area contributed by atoms with E-state index in [-0.39, 0.29) is 24.5 Å². The number of fused-ring (bicyclic) bond motifs is 1. The van der Waals surface area contributed by atoms with Crippen molar-refractivity contribution in [2.24, 2.45) is 5.92 Å². The van der Waals surface area contributed by atoms with E-state index < -0.39 is 6.04 Å². The quantitative estimate of drug-likeness (QED) is 0.555. The fourth-order valence-corrected chi connectivity index (χ4v) is 4.43. The van der Waals surface area contributed by atoms with Crippen LogP contribution in [-0.2, 0) is 9.59 Å². The number of carbonyl (C=O) groups excluding carboxylic acids is 2. The molecular weight excluding hydrogens is 472 g/mol. The molecule has 0 radical (unpaired) electrons. The van der Waals surface area contributed by atoms with Gasteiger partial charge in [0, 0.05) is 41.3 Å². The van der Waals surface area contributed by atoms with Crippen molar-refractivity contribution in [2.75, 3.05) is 25.2 Å². The molecule has 0 unspecified atom stereocenters. The van der Waals surface area contributed by atoms with Crippen molar-refractivity contribution in [2.45, 2.75) is 32.2 Å². The Bertz CT molecular complexity index is 1220. The van der Waals surface area contributed by atoms with Crippen LogP contribution >= 0.6 is 11.6 Å². The number of aromatic nitrogens is 4. The normalized spacial score (nSPS) is 16.2. The van der Waals surface area contributed by atoms with Crippen molar-refractivity contribution >= 4 is 29.1 Å². The number of hydrogen-bond donors (Lipinski definition) is 1. The molecule has 1 N–H and O–H groups in total. The highest BCUT2D eigenvalue weighted by atomic mass is 35.5. The molecular formula is C24H25ClN6O4. The van der Waals surface area contributed by atoms with Gasteiger partial charge in [-0.1, -0.05) is 18.5 Å². The lowest BCUT2D eigenvalue weighted by molar-refractivity contribution is -0.138. The summed E-state index contributed by atoms with van der Waals surface area (Å²) in [5, 5.41) is 16.2. The summed E-state index contributed by atoms with van der Waals surface area (Å²) in [4.78, 5) is 29.2. The van der Waals surface area contributed by atoms with Crippen molar-refractivity contribution in [3.8, 4) is 22.9 Å². The Labute approximate surface area is 207 Å². The Morgan fingerprint density at radius 3 is 2.60 bits per heavy atom. The van der Waals surface area contributed by atoms with Gasteiger partial charge in [-0.15, -0.1) is 10.2 Å². The van der Waals surface area contributed by atoms with Gasteiger partial charge in [0.2, 0.25) is 24.4 Å². The summed E-state index contributed by atoms with van der Waals surface area (Å²) in [6.07, 6.45) is 1.69. The molecule has 2 aliphatic heterocycles. The van der Waals surface area contributed by atoms with Crippen LogP contribution in [0.4, 0.5) is 5.69 Å². The molecule has 1 aromatic heterocycles. The maximum absolute atomic E-state index is 13.2. The minimum Gasteiger partial charge on any atom is -0.454 e. The molecule has 2 aliphatic rings. The summed E-state index contributed by atoms with van der Waals surface area (Å²) >= 11 is 5.95. The lowest BCUT2D eigenvalue weighted by Gasteiger charge is -2.33. The molecule has 0 aliphatic carbocycles. The largest absolute Gasteiger partial charge is 0.454 e. The van der Waals surface area contributed by atoms with Crippen molar-refractivity contribution in [1.29, 1.82) is 0 Å². The lowest BCUT2D eigenvalue weighted by Crippen LogP contribution is -2.44. The average Bonchev–Trinajstić information content (AvgIpc) is 3.55.